The van der Waals surface area contributed by atoms with Gasteiger partial charge >= 0.3 is 0 Å². The highest BCUT2D eigenvalue weighted by Gasteiger charge is 2.53. The lowest BCUT2D eigenvalue weighted by molar-refractivity contribution is -0.115. The van der Waals surface area contributed by atoms with Gasteiger partial charge in [-0.05, 0) is 60.5 Å². The lowest BCUT2D eigenvalue weighted by atomic mass is 9.50. The molecule has 0 aromatic carbocycles. The van der Waals surface area contributed by atoms with Crippen molar-refractivity contribution < 1.29 is 4.79 Å². The van der Waals surface area contributed by atoms with Gasteiger partial charge in [0.15, 0.2) is 5.78 Å². The molecule has 0 amide bonds. The third-order valence-corrected chi connectivity index (χ3v) is 7.09. The molecule has 4 aliphatic rings. The van der Waals surface area contributed by atoms with Gasteiger partial charge in [0.25, 0.3) is 0 Å². The minimum absolute atomic E-state index is 0.118. The molecule has 1 nitrogen and oxygen atoms in total. The summed E-state index contributed by atoms with van der Waals surface area (Å²) in [6, 6.07) is 0. The zero-order valence-corrected chi connectivity index (χ0v) is 13.7. The molecule has 4 rings (SSSR count). The third-order valence-electron chi connectivity index (χ3n) is 7.09. The van der Waals surface area contributed by atoms with Crippen LogP contribution in [0.1, 0.15) is 39.5 Å². The van der Waals surface area contributed by atoms with Crippen molar-refractivity contribution in [2.45, 2.75) is 39.5 Å². The van der Waals surface area contributed by atoms with Crippen molar-refractivity contribution in [2.75, 3.05) is 0 Å². The summed E-state index contributed by atoms with van der Waals surface area (Å²) in [7, 11) is 0. The average molecular weight is 294 g/mol. The van der Waals surface area contributed by atoms with E-state index in [0.717, 1.165) is 17.8 Å². The van der Waals surface area contributed by atoms with E-state index in [9.17, 15) is 4.79 Å². The molecule has 6 atom stereocenters. The van der Waals surface area contributed by atoms with Gasteiger partial charge in [-0.15, -0.1) is 0 Å². The SMILES string of the molecule is C=CC1=CCC2C3CC=C4CC(=O)C=C[C@]4(C)C3C[C@@H](C)C12. The quantitative estimate of drug-likeness (QED) is 0.630. The molecule has 0 heterocycles. The Morgan fingerprint density at radius 3 is 2.82 bits per heavy atom. The summed E-state index contributed by atoms with van der Waals surface area (Å²) < 4.78 is 0. The second kappa shape index (κ2) is 4.81. The van der Waals surface area contributed by atoms with Crippen molar-refractivity contribution in [2.24, 2.45) is 35.0 Å². The number of fused-ring (bicyclic) bond motifs is 5. The van der Waals surface area contributed by atoms with E-state index in [2.05, 4.69) is 44.7 Å². The van der Waals surface area contributed by atoms with Crippen LogP contribution in [-0.2, 0) is 4.79 Å². The Bertz CT molecular complexity index is 620. The monoisotopic (exact) mass is 294 g/mol. The van der Waals surface area contributed by atoms with Crippen LogP contribution in [0.15, 0.2) is 48.1 Å². The molecule has 0 spiro atoms. The lowest BCUT2D eigenvalue weighted by Gasteiger charge is -2.54. The molecule has 0 N–H and O–H groups in total. The predicted molar refractivity (Wildman–Crippen MR) is 90.2 cm³/mol. The van der Waals surface area contributed by atoms with Crippen molar-refractivity contribution in [1.29, 1.82) is 0 Å². The number of allylic oxidation sites excluding steroid dienone is 7. The molecule has 0 saturated heterocycles. The molecule has 1 saturated carbocycles. The second-order valence-corrected chi connectivity index (χ2v) is 8.04. The highest BCUT2D eigenvalue weighted by Crippen LogP contribution is 2.61. The molecule has 0 aromatic heterocycles. The third kappa shape index (κ3) is 1.81. The number of carbonyl (C=O) groups is 1. The molecular weight excluding hydrogens is 268 g/mol. The van der Waals surface area contributed by atoms with Crippen LogP contribution in [0.2, 0.25) is 0 Å². The highest BCUT2D eigenvalue weighted by molar-refractivity contribution is 5.93. The van der Waals surface area contributed by atoms with Crippen molar-refractivity contribution in [1.82, 2.24) is 0 Å². The zero-order chi connectivity index (χ0) is 15.5. The summed E-state index contributed by atoms with van der Waals surface area (Å²) in [6.07, 6.45) is 15.3. The van der Waals surface area contributed by atoms with Gasteiger partial charge in [-0.1, -0.05) is 50.3 Å². The largest absolute Gasteiger partial charge is 0.295 e. The average Bonchev–Trinajstić information content (AvgIpc) is 2.94. The first-order valence-electron chi connectivity index (χ1n) is 8.78. The summed E-state index contributed by atoms with van der Waals surface area (Å²) in [5, 5.41) is 0. The number of rotatable bonds is 1. The van der Waals surface area contributed by atoms with Crippen molar-refractivity contribution >= 4 is 5.78 Å². The minimum Gasteiger partial charge on any atom is -0.295 e. The highest BCUT2D eigenvalue weighted by atomic mass is 16.1. The maximum absolute atomic E-state index is 11.8. The normalized spacial score (nSPS) is 46.3. The maximum atomic E-state index is 11.8. The van der Waals surface area contributed by atoms with Gasteiger partial charge in [0.05, 0.1) is 0 Å². The first-order chi connectivity index (χ1) is 10.5. The van der Waals surface area contributed by atoms with Crippen molar-refractivity contribution in [3.05, 3.63) is 48.1 Å². The maximum Gasteiger partial charge on any atom is 0.159 e. The number of ketones is 1. The van der Waals surface area contributed by atoms with Crippen molar-refractivity contribution in [3.8, 4) is 0 Å². The van der Waals surface area contributed by atoms with Crippen LogP contribution < -0.4 is 0 Å². The van der Waals surface area contributed by atoms with Gasteiger partial charge in [0, 0.05) is 11.8 Å². The Balaban J connectivity index is 1.72. The van der Waals surface area contributed by atoms with Gasteiger partial charge < -0.3 is 0 Å². The van der Waals surface area contributed by atoms with Gasteiger partial charge in [-0.3, -0.25) is 4.79 Å². The lowest BCUT2D eigenvalue weighted by Crippen LogP contribution is -2.47. The zero-order valence-electron chi connectivity index (χ0n) is 13.7. The molecule has 0 aliphatic heterocycles. The van der Waals surface area contributed by atoms with E-state index < -0.39 is 0 Å². The Morgan fingerprint density at radius 1 is 1.27 bits per heavy atom. The van der Waals surface area contributed by atoms with Gasteiger partial charge in [-0.2, -0.15) is 0 Å². The molecule has 1 heteroatoms. The van der Waals surface area contributed by atoms with E-state index in [1.165, 1.54) is 30.4 Å². The summed E-state index contributed by atoms with van der Waals surface area (Å²) in [6.45, 7) is 8.83. The van der Waals surface area contributed by atoms with Crippen molar-refractivity contribution in [3.63, 3.8) is 0 Å². The van der Waals surface area contributed by atoms with Gasteiger partial charge in [0.1, 0.15) is 0 Å². The molecule has 0 bridgehead atoms. The fourth-order valence-electron chi connectivity index (χ4n) is 6.00. The van der Waals surface area contributed by atoms with Crippen LogP contribution >= 0.6 is 0 Å². The molecule has 1 fully saturated rings. The number of hydrogen-bond donors (Lipinski definition) is 0. The van der Waals surface area contributed by atoms with Crippen LogP contribution in [0.25, 0.3) is 0 Å². The van der Waals surface area contributed by atoms with Crippen LogP contribution in [0.3, 0.4) is 0 Å². The standard InChI is InChI=1S/C21H26O/c1-4-14-5-7-18-17-8-6-15-12-16(22)9-10-21(15,3)19(17)11-13(2)20(14)18/h4-6,9-10,13,17-20H,1,7-8,11-12H2,2-3H3/t13-,17?,18?,19?,20?,21+/m1/s1. The molecule has 0 radical (unpaired) electrons. The number of carbonyl (C=O) groups excluding carboxylic acids is 1. The summed E-state index contributed by atoms with van der Waals surface area (Å²) in [5.74, 6) is 3.96. The van der Waals surface area contributed by atoms with Crippen LogP contribution in [0, 0.1) is 35.0 Å². The first kappa shape index (κ1) is 14.2. The van der Waals surface area contributed by atoms with E-state index in [4.69, 9.17) is 0 Å². The molecule has 22 heavy (non-hydrogen) atoms. The molecule has 0 aromatic rings. The minimum atomic E-state index is 0.118. The van der Waals surface area contributed by atoms with Crippen LogP contribution in [-0.4, -0.2) is 5.78 Å². The molecule has 4 unspecified atom stereocenters. The predicted octanol–water partition coefficient (Wildman–Crippen LogP) is 4.87. The Hall–Kier alpha value is -1.37. The fraction of sp³-hybridized carbons (Fsp3) is 0.571. The van der Waals surface area contributed by atoms with Gasteiger partial charge in [0.2, 0.25) is 0 Å². The number of hydrogen-bond acceptors (Lipinski definition) is 1. The van der Waals surface area contributed by atoms with E-state index in [0.29, 0.717) is 18.3 Å². The second-order valence-electron chi connectivity index (χ2n) is 8.04. The molecule has 4 aliphatic carbocycles. The van der Waals surface area contributed by atoms with Crippen LogP contribution in [0.5, 0.6) is 0 Å². The Kier molecular flexibility index (Phi) is 3.11. The van der Waals surface area contributed by atoms with Gasteiger partial charge in [-0.25, -0.2) is 0 Å². The summed E-state index contributed by atoms with van der Waals surface area (Å²) in [4.78, 5) is 11.8. The topological polar surface area (TPSA) is 17.1 Å². The van der Waals surface area contributed by atoms with Crippen LogP contribution in [0.4, 0.5) is 0 Å². The van der Waals surface area contributed by atoms with E-state index in [-0.39, 0.29) is 11.2 Å². The Labute approximate surface area is 133 Å². The summed E-state index contributed by atoms with van der Waals surface area (Å²) in [5.41, 5.74) is 3.00. The van der Waals surface area contributed by atoms with E-state index in [1.807, 2.05) is 6.08 Å². The first-order valence-corrected chi connectivity index (χ1v) is 8.78. The Morgan fingerprint density at radius 2 is 2.05 bits per heavy atom. The van der Waals surface area contributed by atoms with E-state index >= 15 is 0 Å². The smallest absolute Gasteiger partial charge is 0.159 e. The fourth-order valence-corrected chi connectivity index (χ4v) is 6.00. The summed E-state index contributed by atoms with van der Waals surface area (Å²) >= 11 is 0. The molecule has 116 valence electrons. The molecular formula is C21H26O. The van der Waals surface area contributed by atoms with E-state index in [1.54, 1.807) is 0 Å².